The van der Waals surface area contributed by atoms with E-state index in [2.05, 4.69) is 25.6 Å². The molecule has 3 aromatic heterocycles. The summed E-state index contributed by atoms with van der Waals surface area (Å²) in [4.78, 5) is 17.7. The van der Waals surface area contributed by atoms with Crippen molar-refractivity contribution in [2.45, 2.75) is 19.6 Å². The van der Waals surface area contributed by atoms with Crippen molar-refractivity contribution in [1.82, 2.24) is 34.9 Å². The molecule has 4 heterocycles. The van der Waals surface area contributed by atoms with Crippen LogP contribution in [0.3, 0.4) is 0 Å². The summed E-state index contributed by atoms with van der Waals surface area (Å²) in [7, 11) is 0. The Hall–Kier alpha value is -4.09. The number of aromatic nitrogens is 7. The first-order chi connectivity index (χ1) is 14.6. The molecule has 0 N–H and O–H groups in total. The van der Waals surface area contributed by atoms with Crippen molar-refractivity contribution in [3.63, 3.8) is 0 Å². The second-order valence-corrected chi connectivity index (χ2v) is 6.69. The third-order valence-corrected chi connectivity index (χ3v) is 4.59. The lowest BCUT2D eigenvalue weighted by Gasteiger charge is -2.14. The summed E-state index contributed by atoms with van der Waals surface area (Å²) in [5.41, 5.74) is 1.20. The molecule has 1 aliphatic heterocycles. The van der Waals surface area contributed by atoms with Crippen LogP contribution in [0.15, 0.2) is 47.5 Å². The van der Waals surface area contributed by atoms with Gasteiger partial charge in [0.2, 0.25) is 11.7 Å². The topological polar surface area (TPSA) is 117 Å². The minimum Gasteiger partial charge on any atom is -0.442 e. The predicted octanol–water partition coefficient (Wildman–Crippen LogP) is 1.99. The number of anilines is 1. The van der Waals surface area contributed by atoms with Gasteiger partial charge >= 0.3 is 6.09 Å². The lowest BCUT2D eigenvalue weighted by molar-refractivity contribution is 0.129. The van der Waals surface area contributed by atoms with Gasteiger partial charge in [0.1, 0.15) is 11.8 Å². The predicted molar refractivity (Wildman–Crippen MR) is 99.2 cm³/mol. The van der Waals surface area contributed by atoms with Gasteiger partial charge in [0.05, 0.1) is 36.7 Å². The minimum atomic E-state index is -0.543. The Labute approximate surface area is 168 Å². The third kappa shape index (κ3) is 3.27. The number of rotatable bonds is 5. The van der Waals surface area contributed by atoms with Crippen LogP contribution < -0.4 is 4.90 Å². The standard InChI is InChI=1S/C18H15FN8O3/c1-11-22-17(23-30-11)12-7-21-27(8-12)16-3-2-13(6-15(16)19)26-10-14(29-18(26)28)9-25-5-4-20-24-25/h2-8,14H,9-10H2,1H3/t14-/m0/s1. The molecule has 0 unspecified atom stereocenters. The summed E-state index contributed by atoms with van der Waals surface area (Å²) in [5.74, 6) is 0.251. The van der Waals surface area contributed by atoms with Gasteiger partial charge in [-0.2, -0.15) is 10.1 Å². The average Bonchev–Trinajstić information content (AvgIpc) is 3.50. The molecule has 1 amide bonds. The van der Waals surface area contributed by atoms with Crippen molar-refractivity contribution in [2.75, 3.05) is 11.4 Å². The highest BCUT2D eigenvalue weighted by atomic mass is 19.1. The Bertz CT molecular complexity index is 1200. The Morgan fingerprint density at radius 2 is 2.23 bits per heavy atom. The molecule has 0 aliphatic carbocycles. The van der Waals surface area contributed by atoms with E-state index < -0.39 is 18.0 Å². The van der Waals surface area contributed by atoms with E-state index in [4.69, 9.17) is 9.26 Å². The highest BCUT2D eigenvalue weighted by Gasteiger charge is 2.33. The zero-order chi connectivity index (χ0) is 20.7. The van der Waals surface area contributed by atoms with Crippen LogP contribution in [0, 0.1) is 12.7 Å². The van der Waals surface area contributed by atoms with E-state index in [1.165, 1.54) is 21.8 Å². The molecule has 0 bridgehead atoms. The van der Waals surface area contributed by atoms with Gasteiger partial charge in [-0.1, -0.05) is 10.4 Å². The number of amides is 1. The first-order valence-corrected chi connectivity index (χ1v) is 9.04. The third-order valence-electron chi connectivity index (χ3n) is 4.59. The van der Waals surface area contributed by atoms with Crippen molar-refractivity contribution in [3.05, 3.63) is 54.7 Å². The van der Waals surface area contributed by atoms with Crippen molar-refractivity contribution in [1.29, 1.82) is 0 Å². The summed E-state index contributed by atoms with van der Waals surface area (Å²) < 4.78 is 28.1. The SMILES string of the molecule is Cc1nc(-c2cnn(-c3ccc(N4C[C@H](Cn5ccnn5)OC4=O)cc3F)c2)no1. The highest BCUT2D eigenvalue weighted by Crippen LogP contribution is 2.26. The van der Waals surface area contributed by atoms with Gasteiger partial charge in [-0.3, -0.25) is 4.90 Å². The number of aryl methyl sites for hydroxylation is 1. The van der Waals surface area contributed by atoms with E-state index in [1.807, 2.05) is 0 Å². The van der Waals surface area contributed by atoms with Gasteiger partial charge in [0.25, 0.3) is 0 Å². The maximum absolute atomic E-state index is 14.8. The smallest absolute Gasteiger partial charge is 0.414 e. The summed E-state index contributed by atoms with van der Waals surface area (Å²) in [6, 6.07) is 4.45. The second kappa shape index (κ2) is 7.06. The highest BCUT2D eigenvalue weighted by molar-refractivity contribution is 5.89. The van der Waals surface area contributed by atoms with E-state index in [9.17, 15) is 9.18 Å². The van der Waals surface area contributed by atoms with Crippen LogP contribution in [0.25, 0.3) is 17.1 Å². The van der Waals surface area contributed by atoms with Crippen LogP contribution in [0.5, 0.6) is 0 Å². The first-order valence-electron chi connectivity index (χ1n) is 9.04. The number of ether oxygens (including phenoxy) is 1. The van der Waals surface area contributed by atoms with Gasteiger partial charge < -0.3 is 9.26 Å². The first kappa shape index (κ1) is 18.0. The van der Waals surface area contributed by atoms with E-state index in [1.54, 1.807) is 42.3 Å². The van der Waals surface area contributed by atoms with Gasteiger partial charge in [-0.05, 0) is 18.2 Å². The Kier molecular flexibility index (Phi) is 4.23. The van der Waals surface area contributed by atoms with E-state index in [0.717, 1.165) is 0 Å². The number of halogens is 1. The lowest BCUT2D eigenvalue weighted by Crippen LogP contribution is -2.26. The fraction of sp³-hybridized carbons (Fsp3) is 0.222. The van der Waals surface area contributed by atoms with Gasteiger partial charge in [0.15, 0.2) is 5.82 Å². The minimum absolute atomic E-state index is 0.219. The molecule has 0 spiro atoms. The largest absolute Gasteiger partial charge is 0.442 e. The second-order valence-electron chi connectivity index (χ2n) is 6.69. The molecular formula is C18H15FN8O3. The van der Waals surface area contributed by atoms with Crippen LogP contribution in [0.4, 0.5) is 14.9 Å². The molecular weight excluding hydrogens is 395 g/mol. The Morgan fingerprint density at radius 3 is 2.97 bits per heavy atom. The van der Waals surface area contributed by atoms with Crippen molar-refractivity contribution < 1.29 is 18.4 Å². The summed E-state index contributed by atoms with van der Waals surface area (Å²) >= 11 is 0. The van der Waals surface area contributed by atoms with Gasteiger partial charge in [0, 0.05) is 19.3 Å². The van der Waals surface area contributed by atoms with Crippen molar-refractivity contribution in [2.24, 2.45) is 0 Å². The molecule has 1 aliphatic rings. The molecule has 0 saturated carbocycles. The van der Waals surface area contributed by atoms with E-state index >= 15 is 0 Å². The van der Waals surface area contributed by atoms with Crippen LogP contribution in [-0.2, 0) is 11.3 Å². The molecule has 0 radical (unpaired) electrons. The number of benzene rings is 1. The summed E-state index contributed by atoms with van der Waals surface area (Å²) in [6.45, 7) is 2.33. The molecule has 1 aromatic carbocycles. The van der Waals surface area contributed by atoms with Gasteiger partial charge in [-0.15, -0.1) is 5.10 Å². The zero-order valence-corrected chi connectivity index (χ0v) is 15.7. The number of carbonyl (C=O) groups excluding carboxylic acids is 1. The van der Waals surface area contributed by atoms with E-state index in [-0.39, 0.29) is 12.2 Å². The summed E-state index contributed by atoms with van der Waals surface area (Å²) in [6.07, 6.45) is 5.39. The maximum atomic E-state index is 14.8. The number of carbonyl (C=O) groups is 1. The maximum Gasteiger partial charge on any atom is 0.414 e. The molecule has 5 rings (SSSR count). The molecule has 30 heavy (non-hydrogen) atoms. The molecule has 4 aromatic rings. The quantitative estimate of drug-likeness (QED) is 0.490. The molecule has 1 fully saturated rings. The van der Waals surface area contributed by atoms with Crippen molar-refractivity contribution in [3.8, 4) is 17.1 Å². The van der Waals surface area contributed by atoms with Crippen LogP contribution >= 0.6 is 0 Å². The Morgan fingerprint density at radius 1 is 1.33 bits per heavy atom. The molecule has 1 atom stereocenters. The normalized spacial score (nSPS) is 16.3. The molecule has 152 valence electrons. The van der Waals surface area contributed by atoms with E-state index in [0.29, 0.717) is 29.5 Å². The van der Waals surface area contributed by atoms with Crippen LogP contribution in [-0.4, -0.2) is 53.7 Å². The molecule has 1 saturated heterocycles. The Balaban J connectivity index is 1.35. The lowest BCUT2D eigenvalue weighted by atomic mass is 10.2. The fourth-order valence-electron chi connectivity index (χ4n) is 3.20. The van der Waals surface area contributed by atoms with Crippen LogP contribution in [0.1, 0.15) is 5.89 Å². The monoisotopic (exact) mass is 410 g/mol. The summed E-state index contributed by atoms with van der Waals surface area (Å²) in [5, 5.41) is 15.6. The number of hydrogen-bond donors (Lipinski definition) is 0. The molecule has 12 heteroatoms. The fourth-order valence-corrected chi connectivity index (χ4v) is 3.20. The van der Waals surface area contributed by atoms with Crippen molar-refractivity contribution >= 4 is 11.8 Å². The molecule has 11 nitrogen and oxygen atoms in total. The number of cyclic esters (lactones) is 1. The average molecular weight is 410 g/mol. The van der Waals surface area contributed by atoms with Crippen LogP contribution in [0.2, 0.25) is 0 Å². The van der Waals surface area contributed by atoms with Gasteiger partial charge in [-0.25, -0.2) is 18.5 Å². The number of hydrogen-bond acceptors (Lipinski definition) is 8. The number of nitrogens with zero attached hydrogens (tertiary/aromatic N) is 8. The zero-order valence-electron chi connectivity index (χ0n) is 15.7.